The maximum Gasteiger partial charge on any atom is 0.236 e. The van der Waals surface area contributed by atoms with Crippen molar-refractivity contribution in [3.8, 4) is 0 Å². The summed E-state index contributed by atoms with van der Waals surface area (Å²) in [4.78, 5) is 14.1. The molecule has 3 N–H and O–H groups in total. The van der Waals surface area contributed by atoms with Gasteiger partial charge in [0.15, 0.2) is 0 Å². The summed E-state index contributed by atoms with van der Waals surface area (Å²) in [6.07, 6.45) is 3.12. The Hall–Kier alpha value is -0.0300. The fourth-order valence-electron chi connectivity index (χ4n) is 2.26. The number of piperidine rings is 1. The van der Waals surface area contributed by atoms with Crippen LogP contribution >= 0.6 is 24.8 Å². The van der Waals surface area contributed by atoms with Gasteiger partial charge in [0.25, 0.3) is 0 Å². The van der Waals surface area contributed by atoms with Gasteiger partial charge in [-0.05, 0) is 51.2 Å². The van der Waals surface area contributed by atoms with Crippen LogP contribution in [0.2, 0.25) is 0 Å². The molecule has 0 aromatic rings. The lowest BCUT2D eigenvalue weighted by Crippen LogP contribution is -2.44. The first kappa shape index (κ1) is 21.3. The minimum Gasteiger partial charge on any atom is -0.354 e. The van der Waals surface area contributed by atoms with Crippen LogP contribution in [0.1, 0.15) is 33.1 Å². The number of nitrogens with one attached hydrogen (secondary N) is 1. The first-order valence-corrected chi connectivity index (χ1v) is 6.71. The Kier molecular flexibility index (Phi) is 12.0. The Morgan fingerprint density at radius 1 is 1.32 bits per heavy atom. The van der Waals surface area contributed by atoms with Crippen LogP contribution in [0.15, 0.2) is 0 Å². The van der Waals surface area contributed by atoms with E-state index in [4.69, 9.17) is 5.73 Å². The third kappa shape index (κ3) is 8.69. The molecule has 0 aromatic heterocycles. The van der Waals surface area contributed by atoms with Gasteiger partial charge in [-0.1, -0.05) is 13.8 Å². The number of rotatable bonds is 5. The summed E-state index contributed by atoms with van der Waals surface area (Å²) in [5.41, 5.74) is 5.84. The van der Waals surface area contributed by atoms with Crippen LogP contribution in [0.5, 0.6) is 0 Å². The molecule has 0 spiro atoms. The highest BCUT2D eigenvalue weighted by molar-refractivity contribution is 5.85. The summed E-state index contributed by atoms with van der Waals surface area (Å²) in [5, 5.41) is 2.99. The van der Waals surface area contributed by atoms with Gasteiger partial charge >= 0.3 is 0 Å². The number of amides is 1. The molecule has 0 aromatic carbocycles. The molecule has 0 saturated carbocycles. The number of hydrogen-bond acceptors (Lipinski definition) is 3. The number of halogens is 2. The lowest BCUT2D eigenvalue weighted by molar-refractivity contribution is -0.122. The first-order valence-electron chi connectivity index (χ1n) is 6.71. The SMILES string of the molecule is CC(C)C[C@H](N)C(=O)NCC1CCN(C)CC1.Cl.Cl. The van der Waals surface area contributed by atoms with Gasteiger partial charge < -0.3 is 16.0 Å². The molecule has 1 rings (SSSR count). The van der Waals surface area contributed by atoms with E-state index in [1.807, 2.05) is 0 Å². The number of carbonyl (C=O) groups excluding carboxylic acids is 1. The lowest BCUT2D eigenvalue weighted by atomic mass is 9.97. The van der Waals surface area contributed by atoms with Crippen LogP contribution < -0.4 is 11.1 Å². The Morgan fingerprint density at radius 2 is 1.84 bits per heavy atom. The van der Waals surface area contributed by atoms with Crippen LogP contribution in [-0.4, -0.2) is 43.5 Å². The van der Waals surface area contributed by atoms with Gasteiger partial charge in [0.2, 0.25) is 5.91 Å². The molecule has 116 valence electrons. The van der Waals surface area contributed by atoms with E-state index in [0.717, 1.165) is 26.1 Å². The zero-order valence-corrected chi connectivity index (χ0v) is 13.9. The zero-order chi connectivity index (χ0) is 12.8. The highest BCUT2D eigenvalue weighted by atomic mass is 35.5. The van der Waals surface area contributed by atoms with E-state index in [-0.39, 0.29) is 36.8 Å². The third-order valence-corrected chi connectivity index (χ3v) is 3.47. The number of likely N-dealkylation sites (tertiary alicyclic amines) is 1. The van der Waals surface area contributed by atoms with E-state index >= 15 is 0 Å². The number of carbonyl (C=O) groups is 1. The maximum atomic E-state index is 11.7. The third-order valence-electron chi connectivity index (χ3n) is 3.47. The second-order valence-corrected chi connectivity index (χ2v) is 5.73. The monoisotopic (exact) mass is 313 g/mol. The molecule has 1 heterocycles. The molecule has 1 amide bonds. The van der Waals surface area contributed by atoms with E-state index in [1.54, 1.807) is 0 Å². The minimum atomic E-state index is -0.346. The smallest absolute Gasteiger partial charge is 0.236 e. The number of nitrogens with zero attached hydrogens (tertiary/aromatic N) is 1. The Morgan fingerprint density at radius 3 is 2.32 bits per heavy atom. The standard InChI is InChI=1S/C13H27N3O.2ClH/c1-10(2)8-12(14)13(17)15-9-11-4-6-16(3)7-5-11;;/h10-12H,4-9,14H2,1-3H3,(H,15,17);2*1H/t12-;;/m0../s1. The van der Waals surface area contributed by atoms with Gasteiger partial charge in [0, 0.05) is 6.54 Å². The van der Waals surface area contributed by atoms with Crippen LogP contribution in [0.3, 0.4) is 0 Å². The van der Waals surface area contributed by atoms with Crippen molar-refractivity contribution in [2.75, 3.05) is 26.7 Å². The van der Waals surface area contributed by atoms with Gasteiger partial charge in [0.05, 0.1) is 6.04 Å². The highest BCUT2D eigenvalue weighted by Crippen LogP contribution is 2.14. The van der Waals surface area contributed by atoms with E-state index < -0.39 is 0 Å². The van der Waals surface area contributed by atoms with Gasteiger partial charge in [-0.25, -0.2) is 0 Å². The van der Waals surface area contributed by atoms with Gasteiger partial charge in [-0.2, -0.15) is 0 Å². The fourth-order valence-corrected chi connectivity index (χ4v) is 2.26. The molecule has 1 atom stereocenters. The lowest BCUT2D eigenvalue weighted by Gasteiger charge is -2.29. The van der Waals surface area contributed by atoms with Crippen LogP contribution in [0.25, 0.3) is 0 Å². The quantitative estimate of drug-likeness (QED) is 0.811. The minimum absolute atomic E-state index is 0. The Bertz CT molecular complexity index is 244. The van der Waals surface area contributed by atoms with Crippen LogP contribution in [0.4, 0.5) is 0 Å². The predicted molar refractivity (Wildman–Crippen MR) is 85.2 cm³/mol. The van der Waals surface area contributed by atoms with Gasteiger partial charge in [-0.3, -0.25) is 4.79 Å². The summed E-state index contributed by atoms with van der Waals surface area (Å²) in [6, 6.07) is -0.346. The molecular formula is C13H29Cl2N3O. The normalized spacial score (nSPS) is 18.4. The molecule has 0 unspecified atom stereocenters. The van der Waals surface area contributed by atoms with Crippen LogP contribution in [-0.2, 0) is 4.79 Å². The van der Waals surface area contributed by atoms with E-state index in [9.17, 15) is 4.79 Å². The number of hydrogen-bond donors (Lipinski definition) is 2. The van der Waals surface area contributed by atoms with Crippen molar-refractivity contribution in [2.45, 2.75) is 39.2 Å². The van der Waals surface area contributed by atoms with Crippen molar-refractivity contribution in [2.24, 2.45) is 17.6 Å². The van der Waals surface area contributed by atoms with Crippen molar-refractivity contribution in [3.63, 3.8) is 0 Å². The van der Waals surface area contributed by atoms with E-state index in [2.05, 4.69) is 31.1 Å². The molecule has 0 bridgehead atoms. The molecule has 1 aliphatic heterocycles. The second kappa shape index (κ2) is 10.7. The van der Waals surface area contributed by atoms with Crippen molar-refractivity contribution < 1.29 is 4.79 Å². The van der Waals surface area contributed by atoms with E-state index in [0.29, 0.717) is 11.8 Å². The summed E-state index contributed by atoms with van der Waals surface area (Å²) >= 11 is 0. The van der Waals surface area contributed by atoms with Gasteiger partial charge in [0.1, 0.15) is 0 Å². The Balaban J connectivity index is 0. The molecule has 0 aliphatic carbocycles. The molecule has 6 heteroatoms. The fraction of sp³-hybridized carbons (Fsp3) is 0.923. The summed E-state index contributed by atoms with van der Waals surface area (Å²) in [6.45, 7) is 7.24. The summed E-state index contributed by atoms with van der Waals surface area (Å²) in [7, 11) is 2.15. The molecular weight excluding hydrogens is 285 g/mol. The predicted octanol–water partition coefficient (Wildman–Crippen LogP) is 1.66. The van der Waals surface area contributed by atoms with Crippen molar-refractivity contribution >= 4 is 30.7 Å². The average molecular weight is 314 g/mol. The molecule has 0 radical (unpaired) electrons. The summed E-state index contributed by atoms with van der Waals surface area (Å²) in [5.74, 6) is 1.11. The molecule has 1 saturated heterocycles. The molecule has 4 nitrogen and oxygen atoms in total. The first-order chi connectivity index (χ1) is 7.99. The summed E-state index contributed by atoms with van der Waals surface area (Å²) < 4.78 is 0. The molecule has 1 fully saturated rings. The molecule has 1 aliphatic rings. The average Bonchev–Trinajstić information content (AvgIpc) is 2.27. The van der Waals surface area contributed by atoms with Crippen molar-refractivity contribution in [3.05, 3.63) is 0 Å². The number of nitrogens with two attached hydrogens (primary N) is 1. The van der Waals surface area contributed by atoms with E-state index in [1.165, 1.54) is 12.8 Å². The Labute approximate surface area is 129 Å². The molecule has 19 heavy (non-hydrogen) atoms. The zero-order valence-electron chi connectivity index (χ0n) is 12.2. The van der Waals surface area contributed by atoms with Crippen molar-refractivity contribution in [1.29, 1.82) is 0 Å². The largest absolute Gasteiger partial charge is 0.354 e. The highest BCUT2D eigenvalue weighted by Gasteiger charge is 2.19. The topological polar surface area (TPSA) is 58.4 Å². The maximum absolute atomic E-state index is 11.7. The van der Waals surface area contributed by atoms with Crippen molar-refractivity contribution in [1.82, 2.24) is 10.2 Å². The second-order valence-electron chi connectivity index (χ2n) is 5.73. The van der Waals surface area contributed by atoms with Crippen LogP contribution in [0, 0.1) is 11.8 Å². The van der Waals surface area contributed by atoms with Gasteiger partial charge in [-0.15, -0.1) is 24.8 Å².